The van der Waals surface area contributed by atoms with Crippen LogP contribution in [-0.2, 0) is 0 Å². The quantitative estimate of drug-likeness (QED) is 0.443. The number of aromatic nitrogens is 5. The summed E-state index contributed by atoms with van der Waals surface area (Å²) < 4.78 is 0.763. The number of aryl methyl sites for hydroxylation is 1. The van der Waals surface area contributed by atoms with E-state index in [0.29, 0.717) is 16.1 Å². The molecule has 0 aliphatic rings. The molecule has 2 heterocycles. The van der Waals surface area contributed by atoms with Crippen molar-refractivity contribution in [2.75, 3.05) is 5.43 Å². The minimum atomic E-state index is 0.345. The Morgan fingerprint density at radius 2 is 2.31 bits per heavy atom. The zero-order valence-corrected chi connectivity index (χ0v) is 10.6. The van der Waals surface area contributed by atoms with Gasteiger partial charge in [0, 0.05) is 6.20 Å². The molecule has 0 bridgehead atoms. The highest BCUT2D eigenvalue weighted by atomic mass is 79.9. The Labute approximate surface area is 104 Å². The highest BCUT2D eigenvalue weighted by molar-refractivity contribution is 9.10. The third-order valence-electron chi connectivity index (χ3n) is 1.61. The van der Waals surface area contributed by atoms with Gasteiger partial charge < -0.3 is 0 Å². The molecule has 0 fully saturated rings. The highest BCUT2D eigenvalue weighted by Gasteiger charge is 2.09. The van der Waals surface area contributed by atoms with Crippen molar-refractivity contribution in [1.82, 2.24) is 25.1 Å². The van der Waals surface area contributed by atoms with E-state index in [1.165, 1.54) is 11.8 Å². The largest absolute Gasteiger partial charge is 0.292 e. The number of nitrogens with zero attached hydrogens (tertiary/aromatic N) is 4. The average molecular weight is 302 g/mol. The van der Waals surface area contributed by atoms with Gasteiger partial charge >= 0.3 is 0 Å². The van der Waals surface area contributed by atoms with Crippen LogP contribution in [0, 0.1) is 6.92 Å². The molecule has 4 N–H and O–H groups in total. The Bertz CT molecular complexity index is 499. The molecular formula is C7H8BrN7S. The average Bonchev–Trinajstić information content (AvgIpc) is 2.67. The Hall–Kier alpha value is -1.19. The summed E-state index contributed by atoms with van der Waals surface area (Å²) in [5, 5.41) is 8.05. The predicted molar refractivity (Wildman–Crippen MR) is 62.8 cm³/mol. The number of rotatable bonds is 3. The van der Waals surface area contributed by atoms with Gasteiger partial charge in [0.25, 0.3) is 0 Å². The van der Waals surface area contributed by atoms with Gasteiger partial charge in [0.2, 0.25) is 11.1 Å². The molecule has 84 valence electrons. The van der Waals surface area contributed by atoms with Crippen LogP contribution in [-0.4, -0.2) is 25.1 Å². The number of nitrogens with one attached hydrogen (secondary N) is 2. The summed E-state index contributed by atoms with van der Waals surface area (Å²) in [4.78, 5) is 12.3. The van der Waals surface area contributed by atoms with E-state index < -0.39 is 0 Å². The van der Waals surface area contributed by atoms with Crippen molar-refractivity contribution in [1.29, 1.82) is 0 Å². The summed E-state index contributed by atoms with van der Waals surface area (Å²) in [6.07, 6.45) is 1.62. The Morgan fingerprint density at radius 1 is 1.50 bits per heavy atom. The maximum atomic E-state index is 5.23. The van der Waals surface area contributed by atoms with Crippen LogP contribution in [0.2, 0.25) is 0 Å². The van der Waals surface area contributed by atoms with E-state index in [4.69, 9.17) is 5.84 Å². The summed E-state index contributed by atoms with van der Waals surface area (Å²) in [6.45, 7) is 1.83. The number of nitrogens with two attached hydrogens (primary N) is 1. The second-order valence-electron chi connectivity index (χ2n) is 2.80. The van der Waals surface area contributed by atoms with Crippen molar-refractivity contribution < 1.29 is 0 Å². The van der Waals surface area contributed by atoms with E-state index in [1.807, 2.05) is 6.92 Å². The van der Waals surface area contributed by atoms with E-state index in [9.17, 15) is 0 Å². The zero-order valence-electron chi connectivity index (χ0n) is 8.23. The molecule has 2 aromatic rings. The fourth-order valence-electron chi connectivity index (χ4n) is 0.947. The number of anilines is 1. The first-order valence-electron chi connectivity index (χ1n) is 4.25. The third kappa shape index (κ3) is 2.49. The topological polar surface area (TPSA) is 105 Å². The summed E-state index contributed by atoms with van der Waals surface area (Å²) in [6, 6.07) is 0. The summed E-state index contributed by atoms with van der Waals surface area (Å²) in [5.74, 6) is 6.33. The van der Waals surface area contributed by atoms with E-state index in [0.717, 1.165) is 10.3 Å². The van der Waals surface area contributed by atoms with Gasteiger partial charge in [-0.15, -0.1) is 5.10 Å². The summed E-state index contributed by atoms with van der Waals surface area (Å²) in [5.41, 5.74) is 2.38. The molecule has 0 atom stereocenters. The molecule has 0 aromatic carbocycles. The van der Waals surface area contributed by atoms with Gasteiger partial charge in [-0.3, -0.25) is 10.5 Å². The van der Waals surface area contributed by atoms with Gasteiger partial charge in [-0.1, -0.05) is 0 Å². The molecule has 0 radical (unpaired) electrons. The van der Waals surface area contributed by atoms with Gasteiger partial charge in [0.1, 0.15) is 10.9 Å². The van der Waals surface area contributed by atoms with Gasteiger partial charge in [0.05, 0.1) is 4.47 Å². The Balaban J connectivity index is 2.26. The first-order chi connectivity index (χ1) is 7.69. The SMILES string of the molecule is Cc1nc(Sc2nc(NN)ncc2Br)n[nH]1. The second-order valence-corrected chi connectivity index (χ2v) is 4.61. The first kappa shape index (κ1) is 11.3. The van der Waals surface area contributed by atoms with Crippen molar-refractivity contribution in [3.8, 4) is 0 Å². The molecule has 9 heteroatoms. The molecule has 0 spiro atoms. The fraction of sp³-hybridized carbons (Fsp3) is 0.143. The normalized spacial score (nSPS) is 10.4. The van der Waals surface area contributed by atoms with E-state index in [-0.39, 0.29) is 0 Å². The number of halogens is 1. The van der Waals surface area contributed by atoms with E-state index >= 15 is 0 Å². The van der Waals surface area contributed by atoms with Gasteiger partial charge in [-0.2, -0.15) is 0 Å². The van der Waals surface area contributed by atoms with E-state index in [1.54, 1.807) is 6.20 Å². The lowest BCUT2D eigenvalue weighted by atomic mass is 10.7. The molecule has 0 saturated carbocycles. The van der Waals surface area contributed by atoms with Crippen LogP contribution in [0.25, 0.3) is 0 Å². The standard InChI is InChI=1S/C7H8BrN7S/c1-3-11-7(15-14-3)16-5-4(8)2-10-6(12-5)13-9/h2H,9H2,1H3,(H,10,12,13)(H,11,14,15). The van der Waals surface area contributed by atoms with Crippen molar-refractivity contribution in [3.05, 3.63) is 16.5 Å². The van der Waals surface area contributed by atoms with Gasteiger partial charge in [0.15, 0.2) is 0 Å². The molecule has 0 unspecified atom stereocenters. The van der Waals surface area contributed by atoms with Crippen LogP contribution in [0.4, 0.5) is 5.95 Å². The number of hydrazine groups is 1. The van der Waals surface area contributed by atoms with Crippen LogP contribution in [0.3, 0.4) is 0 Å². The number of hydrogen-bond donors (Lipinski definition) is 3. The molecular weight excluding hydrogens is 294 g/mol. The number of H-pyrrole nitrogens is 1. The second kappa shape index (κ2) is 4.76. The van der Waals surface area contributed by atoms with Gasteiger partial charge in [-0.25, -0.2) is 20.8 Å². The molecule has 0 aliphatic heterocycles. The third-order valence-corrected chi connectivity index (χ3v) is 3.32. The van der Waals surface area contributed by atoms with Crippen LogP contribution < -0.4 is 11.3 Å². The summed E-state index contributed by atoms with van der Waals surface area (Å²) >= 11 is 4.66. The van der Waals surface area contributed by atoms with E-state index in [2.05, 4.69) is 46.5 Å². The highest BCUT2D eigenvalue weighted by Crippen LogP contribution is 2.29. The van der Waals surface area contributed by atoms with Crippen molar-refractivity contribution >= 4 is 33.6 Å². The van der Waals surface area contributed by atoms with Crippen molar-refractivity contribution in [2.24, 2.45) is 5.84 Å². The van der Waals surface area contributed by atoms with Gasteiger partial charge in [-0.05, 0) is 34.6 Å². The van der Waals surface area contributed by atoms with Crippen molar-refractivity contribution in [3.63, 3.8) is 0 Å². The molecule has 7 nitrogen and oxygen atoms in total. The Morgan fingerprint density at radius 3 is 2.94 bits per heavy atom. The number of aromatic amines is 1. The minimum absolute atomic E-state index is 0.345. The van der Waals surface area contributed by atoms with Crippen LogP contribution >= 0.6 is 27.7 Å². The predicted octanol–water partition coefficient (Wildman–Crippen LogP) is 1.10. The number of hydrogen-bond acceptors (Lipinski definition) is 7. The lowest BCUT2D eigenvalue weighted by Crippen LogP contribution is -2.10. The van der Waals surface area contributed by atoms with Crippen LogP contribution in [0.5, 0.6) is 0 Å². The molecule has 2 aromatic heterocycles. The maximum Gasteiger partial charge on any atom is 0.238 e. The zero-order chi connectivity index (χ0) is 11.5. The number of nitrogen functional groups attached to an aromatic ring is 1. The lowest BCUT2D eigenvalue weighted by molar-refractivity contribution is 0.955. The van der Waals surface area contributed by atoms with Crippen molar-refractivity contribution in [2.45, 2.75) is 17.1 Å². The molecule has 0 amide bonds. The van der Waals surface area contributed by atoms with Crippen LogP contribution in [0.15, 0.2) is 20.9 Å². The smallest absolute Gasteiger partial charge is 0.238 e. The summed E-state index contributed by atoms with van der Waals surface area (Å²) in [7, 11) is 0. The maximum absolute atomic E-state index is 5.23. The molecule has 2 rings (SSSR count). The monoisotopic (exact) mass is 301 g/mol. The van der Waals surface area contributed by atoms with Crippen LogP contribution in [0.1, 0.15) is 5.82 Å². The molecule has 16 heavy (non-hydrogen) atoms. The molecule has 0 saturated heterocycles. The first-order valence-corrected chi connectivity index (χ1v) is 5.86. The Kier molecular flexibility index (Phi) is 3.36. The fourth-order valence-corrected chi connectivity index (χ4v) is 2.11. The lowest BCUT2D eigenvalue weighted by Gasteiger charge is -2.02. The minimum Gasteiger partial charge on any atom is -0.292 e. The molecule has 0 aliphatic carbocycles.